The normalized spacial score (nSPS) is 11.8. The fraction of sp³-hybridized carbons (Fsp3) is 0.0455. The third-order valence-corrected chi connectivity index (χ3v) is 10.4. The predicted octanol–water partition coefficient (Wildman–Crippen LogP) is 9.85. The Balaban J connectivity index is 1.10. The van der Waals surface area contributed by atoms with Gasteiger partial charge in [0.2, 0.25) is 5.91 Å². The van der Waals surface area contributed by atoms with Crippen molar-refractivity contribution >= 4 is 68.5 Å². The van der Waals surface area contributed by atoms with E-state index in [9.17, 15) is 14.4 Å². The van der Waals surface area contributed by atoms with Gasteiger partial charge in [-0.25, -0.2) is 4.98 Å². The van der Waals surface area contributed by atoms with Crippen molar-refractivity contribution in [3.05, 3.63) is 179 Å². The van der Waals surface area contributed by atoms with E-state index in [-0.39, 0.29) is 11.6 Å². The highest BCUT2D eigenvalue weighted by Gasteiger charge is 2.24. The molecule has 0 saturated heterocycles. The molecule has 1 unspecified atom stereocenters. The van der Waals surface area contributed by atoms with Gasteiger partial charge >= 0.3 is 0 Å². The highest BCUT2D eigenvalue weighted by atomic mass is 32.2. The van der Waals surface area contributed by atoms with Crippen LogP contribution < -0.4 is 20.7 Å². The van der Waals surface area contributed by atoms with Gasteiger partial charge in [-0.05, 0) is 76.5 Å². The van der Waals surface area contributed by atoms with Gasteiger partial charge in [0.1, 0.15) is 16.7 Å². The number of rotatable bonds is 12. The summed E-state index contributed by atoms with van der Waals surface area (Å²) in [6.45, 7) is 0. The average molecular weight is 747 g/mol. The number of carbonyl (C=O) groups is 3. The zero-order chi connectivity index (χ0) is 37.3. The van der Waals surface area contributed by atoms with Crippen LogP contribution in [0.3, 0.4) is 0 Å². The second-order valence-electron chi connectivity index (χ2n) is 12.1. The molecule has 0 aliphatic heterocycles. The van der Waals surface area contributed by atoms with Crippen LogP contribution in [0, 0.1) is 0 Å². The van der Waals surface area contributed by atoms with Gasteiger partial charge in [0.25, 0.3) is 11.8 Å². The van der Waals surface area contributed by atoms with Crippen LogP contribution in [0.4, 0.5) is 10.8 Å². The third-order valence-electron chi connectivity index (χ3n) is 8.40. The monoisotopic (exact) mass is 746 g/mol. The van der Waals surface area contributed by atoms with E-state index in [1.807, 2.05) is 78.2 Å². The molecule has 0 spiro atoms. The Kier molecular flexibility index (Phi) is 11.2. The maximum Gasteiger partial charge on any atom is 0.272 e. The summed E-state index contributed by atoms with van der Waals surface area (Å²) in [5, 5.41) is 12.8. The number of anilines is 2. The number of nitrogens with zero attached hydrogens (tertiary/aromatic N) is 1. The molecule has 0 saturated carbocycles. The number of hydrogen-bond acceptors (Lipinski definition) is 7. The van der Waals surface area contributed by atoms with Gasteiger partial charge in [0, 0.05) is 27.1 Å². The number of amides is 3. The smallest absolute Gasteiger partial charge is 0.272 e. The van der Waals surface area contributed by atoms with Crippen molar-refractivity contribution in [2.45, 2.75) is 10.1 Å². The highest BCUT2D eigenvalue weighted by molar-refractivity contribution is 8.00. The maximum atomic E-state index is 13.9. The zero-order valence-corrected chi connectivity index (χ0v) is 30.7. The van der Waals surface area contributed by atoms with Gasteiger partial charge in [0.15, 0.2) is 5.13 Å². The van der Waals surface area contributed by atoms with Crippen LogP contribution >= 0.6 is 23.1 Å². The van der Waals surface area contributed by atoms with Crippen molar-refractivity contribution in [3.63, 3.8) is 0 Å². The molecule has 7 aromatic rings. The Morgan fingerprint density at radius 3 is 2.28 bits per heavy atom. The van der Waals surface area contributed by atoms with Crippen LogP contribution in [0.25, 0.3) is 28.1 Å². The van der Waals surface area contributed by atoms with Crippen molar-refractivity contribution in [2.24, 2.45) is 0 Å². The van der Waals surface area contributed by atoms with Crippen molar-refractivity contribution in [1.82, 2.24) is 10.3 Å². The second-order valence-corrected chi connectivity index (χ2v) is 14.2. The minimum absolute atomic E-state index is 0.0446. The van der Waals surface area contributed by atoms with E-state index < -0.39 is 17.1 Å². The van der Waals surface area contributed by atoms with Crippen LogP contribution in [0.2, 0.25) is 0 Å². The second kappa shape index (κ2) is 16.9. The van der Waals surface area contributed by atoms with Gasteiger partial charge in [0.05, 0.1) is 12.8 Å². The number of aromatic nitrogens is 1. The molecule has 0 aliphatic carbocycles. The molecule has 0 radical (unpaired) electrons. The molecule has 8 nitrogen and oxygen atoms in total. The van der Waals surface area contributed by atoms with E-state index in [0.29, 0.717) is 27.7 Å². The Bertz CT molecular complexity index is 2470. The Morgan fingerprint density at radius 2 is 1.48 bits per heavy atom. The van der Waals surface area contributed by atoms with E-state index in [0.717, 1.165) is 32.5 Å². The van der Waals surface area contributed by atoms with Gasteiger partial charge in [-0.2, -0.15) is 0 Å². The summed E-state index contributed by atoms with van der Waals surface area (Å²) < 4.78 is 5.35. The molecule has 3 amide bonds. The van der Waals surface area contributed by atoms with Crippen LogP contribution in [0.15, 0.2) is 168 Å². The maximum absolute atomic E-state index is 13.9. The van der Waals surface area contributed by atoms with Gasteiger partial charge in [-0.3, -0.25) is 14.4 Å². The third kappa shape index (κ3) is 8.92. The summed E-state index contributed by atoms with van der Waals surface area (Å²) in [6.07, 6.45) is 1.59. The van der Waals surface area contributed by atoms with E-state index in [2.05, 4.69) is 40.2 Å². The largest absolute Gasteiger partial charge is 0.497 e. The Hall–Kier alpha value is -6.49. The quantitative estimate of drug-likeness (QED) is 0.0849. The molecule has 6 aromatic carbocycles. The lowest BCUT2D eigenvalue weighted by atomic mass is 10.1. The molecule has 3 N–H and O–H groups in total. The molecule has 266 valence electrons. The SMILES string of the molecule is COc1cccc(/C=C(\NC(=O)c2ccccc2)C(=O)Nc2cccc(SC(C(=O)Nc3nc(-c4ccc5ccccc5c4)cs3)c3ccccc3)c2)c1. The first kappa shape index (κ1) is 35.9. The number of carbonyl (C=O) groups excluding carboxylic acids is 3. The molecule has 7 rings (SSSR count). The molecular formula is C44H34N4O4S2. The Labute approximate surface area is 320 Å². The van der Waals surface area contributed by atoms with Crippen molar-refractivity contribution < 1.29 is 19.1 Å². The number of ether oxygens (including phenoxy) is 1. The van der Waals surface area contributed by atoms with Crippen LogP contribution in [-0.4, -0.2) is 29.8 Å². The summed E-state index contributed by atoms with van der Waals surface area (Å²) in [4.78, 5) is 46.3. The lowest BCUT2D eigenvalue weighted by Gasteiger charge is -2.17. The van der Waals surface area contributed by atoms with Crippen LogP contribution in [0.1, 0.15) is 26.7 Å². The summed E-state index contributed by atoms with van der Waals surface area (Å²) in [5.41, 5.74) is 4.18. The first-order chi connectivity index (χ1) is 26.4. The topological polar surface area (TPSA) is 109 Å². The number of benzene rings is 6. The zero-order valence-electron chi connectivity index (χ0n) is 29.1. The first-order valence-electron chi connectivity index (χ1n) is 17.0. The lowest BCUT2D eigenvalue weighted by molar-refractivity contribution is -0.116. The van der Waals surface area contributed by atoms with Crippen molar-refractivity contribution in [2.75, 3.05) is 17.7 Å². The lowest BCUT2D eigenvalue weighted by Crippen LogP contribution is -2.30. The fourth-order valence-electron chi connectivity index (χ4n) is 5.71. The number of methoxy groups -OCH3 is 1. The summed E-state index contributed by atoms with van der Waals surface area (Å²) in [6, 6.07) is 47.0. The molecule has 0 fully saturated rings. The number of nitrogens with one attached hydrogen (secondary N) is 3. The fourth-order valence-corrected chi connectivity index (χ4v) is 7.51. The molecule has 0 bridgehead atoms. The molecule has 1 atom stereocenters. The van der Waals surface area contributed by atoms with E-state index in [4.69, 9.17) is 9.72 Å². The summed E-state index contributed by atoms with van der Waals surface area (Å²) in [5.74, 6) is -0.565. The molecular weight excluding hydrogens is 713 g/mol. The predicted molar refractivity (Wildman–Crippen MR) is 219 cm³/mol. The van der Waals surface area contributed by atoms with E-state index in [1.54, 1.807) is 67.8 Å². The average Bonchev–Trinajstić information content (AvgIpc) is 3.68. The van der Waals surface area contributed by atoms with Crippen LogP contribution in [-0.2, 0) is 9.59 Å². The number of fused-ring (bicyclic) bond motifs is 1. The number of thiazole rings is 1. The van der Waals surface area contributed by atoms with Crippen molar-refractivity contribution in [1.29, 1.82) is 0 Å². The summed E-state index contributed by atoms with van der Waals surface area (Å²) >= 11 is 2.73. The number of hydrogen-bond donors (Lipinski definition) is 3. The van der Waals surface area contributed by atoms with Gasteiger partial charge in [-0.1, -0.05) is 103 Å². The van der Waals surface area contributed by atoms with Crippen LogP contribution in [0.5, 0.6) is 5.75 Å². The van der Waals surface area contributed by atoms with Gasteiger partial charge in [-0.15, -0.1) is 23.1 Å². The summed E-state index contributed by atoms with van der Waals surface area (Å²) in [7, 11) is 1.56. The molecule has 1 heterocycles. The molecule has 0 aliphatic rings. The molecule has 54 heavy (non-hydrogen) atoms. The minimum atomic E-state index is -0.626. The van der Waals surface area contributed by atoms with Crippen molar-refractivity contribution in [3.8, 4) is 17.0 Å². The minimum Gasteiger partial charge on any atom is -0.497 e. The van der Waals surface area contributed by atoms with E-state index in [1.165, 1.54) is 23.1 Å². The molecule has 10 heteroatoms. The molecule has 1 aromatic heterocycles. The number of thioether (sulfide) groups is 1. The highest BCUT2D eigenvalue weighted by Crippen LogP contribution is 2.38. The first-order valence-corrected chi connectivity index (χ1v) is 18.8. The van der Waals surface area contributed by atoms with E-state index >= 15 is 0 Å². The standard InChI is InChI=1S/C44H34N4O4S2/c1-52-36-20-10-12-29(24-36)25-38(46-41(49)32-16-6-3-7-17-32)42(50)45-35-19-11-21-37(27-35)54-40(31-14-4-2-5-15-31)43(51)48-44-47-39(28-53-44)34-23-22-30-13-8-9-18-33(30)26-34/h2-28,40H,1H3,(H,45,50)(H,46,49)(H,47,48,51)/b38-25-. The van der Waals surface area contributed by atoms with Gasteiger partial charge < -0.3 is 20.7 Å². The Morgan fingerprint density at radius 1 is 0.741 bits per heavy atom.